The third-order valence-corrected chi connectivity index (χ3v) is 2.95. The topological polar surface area (TPSA) is 12.9 Å². The highest BCUT2D eigenvalue weighted by Gasteiger charge is 2.04. The van der Waals surface area contributed by atoms with E-state index in [2.05, 4.69) is 24.9 Å². The van der Waals surface area contributed by atoms with Gasteiger partial charge in [-0.25, -0.2) is 0 Å². The van der Waals surface area contributed by atoms with Crippen molar-refractivity contribution in [2.24, 2.45) is 5.92 Å². The van der Waals surface area contributed by atoms with Crippen molar-refractivity contribution in [3.05, 3.63) is 53.2 Å². The summed E-state index contributed by atoms with van der Waals surface area (Å²) in [5.74, 6) is 0.656. The Morgan fingerprint density at radius 2 is 1.88 bits per heavy atom. The van der Waals surface area contributed by atoms with Crippen LogP contribution in [0.15, 0.2) is 42.6 Å². The molecule has 0 aliphatic heterocycles. The zero-order valence-electron chi connectivity index (χ0n) is 10.2. The van der Waals surface area contributed by atoms with E-state index in [-0.39, 0.29) is 0 Å². The van der Waals surface area contributed by atoms with Gasteiger partial charge < -0.3 is 0 Å². The molecule has 1 aromatic heterocycles. The molecule has 2 rings (SSSR count). The molecular weight excluding hydrogens is 230 g/mol. The van der Waals surface area contributed by atoms with Crippen molar-refractivity contribution in [1.29, 1.82) is 0 Å². The summed E-state index contributed by atoms with van der Waals surface area (Å²) < 4.78 is 0. The van der Waals surface area contributed by atoms with Crippen LogP contribution in [0.2, 0.25) is 5.02 Å². The van der Waals surface area contributed by atoms with Crippen LogP contribution in [0, 0.1) is 5.92 Å². The minimum absolute atomic E-state index is 0.656. The van der Waals surface area contributed by atoms with Gasteiger partial charge in [-0.05, 0) is 30.0 Å². The lowest BCUT2D eigenvalue weighted by atomic mass is 10.0. The number of halogens is 1. The molecule has 0 atom stereocenters. The summed E-state index contributed by atoms with van der Waals surface area (Å²) in [6, 6.07) is 12.0. The minimum atomic E-state index is 0.656. The van der Waals surface area contributed by atoms with Gasteiger partial charge in [-0.15, -0.1) is 0 Å². The van der Waals surface area contributed by atoms with Crippen molar-refractivity contribution in [2.45, 2.75) is 20.3 Å². The Kier molecular flexibility index (Phi) is 3.80. The molecule has 1 nitrogen and oxygen atoms in total. The Morgan fingerprint density at radius 1 is 1.12 bits per heavy atom. The van der Waals surface area contributed by atoms with Crippen LogP contribution in [-0.2, 0) is 6.42 Å². The van der Waals surface area contributed by atoms with Crippen LogP contribution >= 0.6 is 11.6 Å². The van der Waals surface area contributed by atoms with E-state index in [4.69, 9.17) is 11.6 Å². The Hall–Kier alpha value is -1.34. The molecule has 0 fully saturated rings. The second-order valence-electron chi connectivity index (χ2n) is 4.63. The fourth-order valence-electron chi connectivity index (χ4n) is 1.84. The first kappa shape index (κ1) is 12.1. The Balaban J connectivity index is 2.27. The van der Waals surface area contributed by atoms with E-state index in [1.807, 2.05) is 36.5 Å². The highest BCUT2D eigenvalue weighted by molar-refractivity contribution is 6.33. The summed E-state index contributed by atoms with van der Waals surface area (Å²) in [6.07, 6.45) is 3.01. The summed E-state index contributed by atoms with van der Waals surface area (Å²) >= 11 is 6.14. The fraction of sp³-hybridized carbons (Fsp3) is 0.267. The van der Waals surface area contributed by atoms with Gasteiger partial charge in [0.1, 0.15) is 0 Å². The van der Waals surface area contributed by atoms with E-state index < -0.39 is 0 Å². The van der Waals surface area contributed by atoms with Crippen LogP contribution in [-0.4, -0.2) is 4.98 Å². The van der Waals surface area contributed by atoms with E-state index in [0.29, 0.717) is 5.92 Å². The summed E-state index contributed by atoms with van der Waals surface area (Å²) in [5.41, 5.74) is 3.20. The van der Waals surface area contributed by atoms with E-state index in [9.17, 15) is 0 Å². The monoisotopic (exact) mass is 245 g/mol. The van der Waals surface area contributed by atoms with Crippen LogP contribution < -0.4 is 0 Å². The lowest BCUT2D eigenvalue weighted by Crippen LogP contribution is -1.95. The van der Waals surface area contributed by atoms with E-state index in [1.54, 1.807) is 0 Å². The fourth-order valence-corrected chi connectivity index (χ4v) is 2.08. The maximum absolute atomic E-state index is 6.14. The van der Waals surface area contributed by atoms with Crippen molar-refractivity contribution in [1.82, 2.24) is 4.98 Å². The van der Waals surface area contributed by atoms with Gasteiger partial charge >= 0.3 is 0 Å². The average Bonchev–Trinajstić information content (AvgIpc) is 2.30. The smallest absolute Gasteiger partial charge is 0.0717 e. The van der Waals surface area contributed by atoms with Gasteiger partial charge in [-0.1, -0.05) is 49.7 Å². The van der Waals surface area contributed by atoms with E-state index in [1.165, 1.54) is 5.56 Å². The van der Waals surface area contributed by atoms with Crippen LogP contribution in [0.3, 0.4) is 0 Å². The molecule has 0 amide bonds. The molecule has 1 aromatic carbocycles. The maximum atomic E-state index is 6.14. The van der Waals surface area contributed by atoms with Gasteiger partial charge in [0, 0.05) is 16.8 Å². The van der Waals surface area contributed by atoms with Gasteiger partial charge in [0.05, 0.1) is 5.69 Å². The molecule has 0 spiro atoms. The second kappa shape index (κ2) is 5.33. The number of rotatable bonds is 3. The number of aromatic nitrogens is 1. The molecule has 1 heterocycles. The molecule has 0 aliphatic rings. The standard InChI is InChI=1S/C15H16ClN/c1-11(2)9-12-7-8-15(17-10-12)13-5-3-4-6-14(13)16/h3-8,10-11H,9H2,1-2H3. The van der Waals surface area contributed by atoms with Gasteiger partial charge in [0.2, 0.25) is 0 Å². The van der Waals surface area contributed by atoms with Crippen LogP contribution in [0.1, 0.15) is 19.4 Å². The van der Waals surface area contributed by atoms with Crippen molar-refractivity contribution in [2.75, 3.05) is 0 Å². The van der Waals surface area contributed by atoms with Crippen LogP contribution in [0.4, 0.5) is 0 Å². The van der Waals surface area contributed by atoms with E-state index in [0.717, 1.165) is 22.7 Å². The largest absolute Gasteiger partial charge is 0.256 e. The Morgan fingerprint density at radius 3 is 2.47 bits per heavy atom. The average molecular weight is 246 g/mol. The molecule has 2 aromatic rings. The van der Waals surface area contributed by atoms with Gasteiger partial charge in [-0.2, -0.15) is 0 Å². The SMILES string of the molecule is CC(C)Cc1ccc(-c2ccccc2Cl)nc1. The van der Waals surface area contributed by atoms with Gasteiger partial charge in [0.25, 0.3) is 0 Å². The van der Waals surface area contributed by atoms with Crippen molar-refractivity contribution < 1.29 is 0 Å². The van der Waals surface area contributed by atoms with Gasteiger partial charge in [-0.3, -0.25) is 4.98 Å². The van der Waals surface area contributed by atoms with E-state index >= 15 is 0 Å². The Labute approximate surface area is 107 Å². The first-order valence-corrected chi connectivity index (χ1v) is 6.24. The first-order chi connectivity index (χ1) is 8.16. The molecule has 88 valence electrons. The number of nitrogens with zero attached hydrogens (tertiary/aromatic N) is 1. The molecule has 0 radical (unpaired) electrons. The normalized spacial score (nSPS) is 10.8. The molecule has 0 N–H and O–H groups in total. The lowest BCUT2D eigenvalue weighted by molar-refractivity contribution is 0.646. The summed E-state index contributed by atoms with van der Waals surface area (Å²) in [7, 11) is 0. The zero-order chi connectivity index (χ0) is 12.3. The molecule has 0 aliphatic carbocycles. The molecule has 0 saturated carbocycles. The maximum Gasteiger partial charge on any atom is 0.0717 e. The second-order valence-corrected chi connectivity index (χ2v) is 5.04. The molecule has 2 heteroatoms. The molecule has 0 unspecified atom stereocenters. The van der Waals surface area contributed by atoms with Crippen molar-refractivity contribution >= 4 is 11.6 Å². The number of hydrogen-bond donors (Lipinski definition) is 0. The van der Waals surface area contributed by atoms with Crippen LogP contribution in [0.25, 0.3) is 11.3 Å². The predicted octanol–water partition coefficient (Wildman–Crippen LogP) is 4.60. The summed E-state index contributed by atoms with van der Waals surface area (Å²) in [5, 5.41) is 0.747. The first-order valence-electron chi connectivity index (χ1n) is 5.86. The summed E-state index contributed by atoms with van der Waals surface area (Å²) in [6.45, 7) is 4.42. The van der Waals surface area contributed by atoms with Gasteiger partial charge in [0.15, 0.2) is 0 Å². The number of benzene rings is 1. The predicted molar refractivity (Wildman–Crippen MR) is 73.2 cm³/mol. The van der Waals surface area contributed by atoms with Crippen molar-refractivity contribution in [3.8, 4) is 11.3 Å². The highest BCUT2D eigenvalue weighted by Crippen LogP contribution is 2.25. The number of hydrogen-bond acceptors (Lipinski definition) is 1. The summed E-state index contributed by atoms with van der Waals surface area (Å²) in [4.78, 5) is 4.48. The zero-order valence-corrected chi connectivity index (χ0v) is 10.9. The quantitative estimate of drug-likeness (QED) is 0.770. The molecule has 0 saturated heterocycles. The molecule has 17 heavy (non-hydrogen) atoms. The lowest BCUT2D eigenvalue weighted by Gasteiger charge is -2.06. The van der Waals surface area contributed by atoms with Crippen molar-refractivity contribution in [3.63, 3.8) is 0 Å². The third kappa shape index (κ3) is 3.07. The third-order valence-electron chi connectivity index (χ3n) is 2.62. The highest BCUT2D eigenvalue weighted by atomic mass is 35.5. The minimum Gasteiger partial charge on any atom is -0.256 e. The molecular formula is C15H16ClN. The number of pyridine rings is 1. The Bertz CT molecular complexity index is 489. The van der Waals surface area contributed by atoms with Crippen LogP contribution in [0.5, 0.6) is 0 Å². The molecule has 0 bridgehead atoms.